The molecule has 0 spiro atoms. The van der Waals surface area contributed by atoms with Gasteiger partial charge in [0.15, 0.2) is 0 Å². The van der Waals surface area contributed by atoms with Gasteiger partial charge in [-0.3, -0.25) is 4.98 Å². The zero-order valence-corrected chi connectivity index (χ0v) is 5.79. The summed E-state index contributed by atoms with van der Waals surface area (Å²) >= 11 is 0. The molecule has 0 amide bonds. The Balaban J connectivity index is 0.000000112. The van der Waals surface area contributed by atoms with Gasteiger partial charge < -0.3 is 0 Å². The Hall–Kier alpha value is -1.71. The van der Waals surface area contributed by atoms with Crippen LogP contribution in [0.15, 0.2) is 47.6 Å². The molecule has 0 bridgehead atoms. The Labute approximate surface area is 63.9 Å². The van der Waals surface area contributed by atoms with Crippen LogP contribution in [0.3, 0.4) is 0 Å². The number of hydrogen-bond acceptors (Lipinski definition) is 4. The number of nitrogens with zero attached hydrogens (tertiary/aromatic N) is 3. The van der Waals surface area contributed by atoms with E-state index in [2.05, 4.69) is 19.9 Å². The zero-order valence-electron chi connectivity index (χ0n) is 5.79. The summed E-state index contributed by atoms with van der Waals surface area (Å²) in [6.45, 7) is 0. The molecule has 0 aromatic carbocycles. The van der Waals surface area contributed by atoms with E-state index in [1.165, 1.54) is 12.4 Å². The first-order valence-electron chi connectivity index (χ1n) is 3.06. The van der Waals surface area contributed by atoms with Gasteiger partial charge in [0.25, 0.3) is 0 Å². The molecular formula is C7H7N3O. The normalized spacial score (nSPS) is 8.00. The van der Waals surface area contributed by atoms with Crippen molar-refractivity contribution in [2.24, 2.45) is 0 Å². The average molecular weight is 149 g/mol. The van der Waals surface area contributed by atoms with Crippen molar-refractivity contribution < 1.29 is 4.63 Å². The Bertz CT molecular complexity index is 200. The predicted octanol–water partition coefficient (Wildman–Crippen LogP) is 1.15. The topological polar surface area (TPSA) is 51.8 Å². The highest BCUT2D eigenvalue weighted by molar-refractivity contribution is 4.88. The third-order valence-corrected chi connectivity index (χ3v) is 0.849. The molecule has 2 heterocycles. The molecule has 4 nitrogen and oxygen atoms in total. The SMILES string of the molecule is c1ccncc1.c1cnon1. The van der Waals surface area contributed by atoms with Crippen LogP contribution in [0, 0.1) is 0 Å². The van der Waals surface area contributed by atoms with Crippen molar-refractivity contribution in [3.05, 3.63) is 43.0 Å². The standard InChI is InChI=1S/C5H5N.C2H2N2O/c1-2-4-6-5-3-1;1-2-4-5-3-1/h1-5H;1-2H. The van der Waals surface area contributed by atoms with E-state index in [4.69, 9.17) is 0 Å². The van der Waals surface area contributed by atoms with E-state index in [9.17, 15) is 0 Å². The predicted molar refractivity (Wildman–Crippen MR) is 38.5 cm³/mol. The summed E-state index contributed by atoms with van der Waals surface area (Å²) < 4.78 is 4.08. The maximum absolute atomic E-state index is 4.08. The maximum Gasteiger partial charge on any atom is 0.0913 e. The number of rotatable bonds is 0. The lowest BCUT2D eigenvalue weighted by Crippen LogP contribution is -1.58. The largest absolute Gasteiger partial charge is 0.265 e. The van der Waals surface area contributed by atoms with Crippen LogP contribution < -0.4 is 0 Å². The van der Waals surface area contributed by atoms with E-state index in [1.807, 2.05) is 18.2 Å². The number of pyridine rings is 1. The van der Waals surface area contributed by atoms with Crippen LogP contribution in [0.4, 0.5) is 0 Å². The minimum absolute atomic E-state index is 1.47. The highest BCUT2D eigenvalue weighted by Gasteiger charge is 1.61. The maximum atomic E-state index is 4.08. The lowest BCUT2D eigenvalue weighted by molar-refractivity contribution is 0.307. The van der Waals surface area contributed by atoms with Crippen LogP contribution in [-0.4, -0.2) is 15.3 Å². The van der Waals surface area contributed by atoms with Gasteiger partial charge in [0.1, 0.15) is 0 Å². The van der Waals surface area contributed by atoms with Crippen molar-refractivity contribution in [3.63, 3.8) is 0 Å². The Morgan fingerprint density at radius 3 is 1.55 bits per heavy atom. The van der Waals surface area contributed by atoms with E-state index < -0.39 is 0 Å². The van der Waals surface area contributed by atoms with Crippen LogP contribution in [0.25, 0.3) is 0 Å². The molecule has 0 N–H and O–H groups in total. The highest BCUT2D eigenvalue weighted by Crippen LogP contribution is 1.73. The summed E-state index contributed by atoms with van der Waals surface area (Å²) in [5.41, 5.74) is 0. The monoisotopic (exact) mass is 149 g/mol. The molecule has 2 aromatic heterocycles. The molecule has 0 fully saturated rings. The summed E-state index contributed by atoms with van der Waals surface area (Å²) in [5, 5.41) is 6.47. The molecule has 0 unspecified atom stereocenters. The van der Waals surface area contributed by atoms with Crippen molar-refractivity contribution in [2.45, 2.75) is 0 Å². The molecule has 4 heteroatoms. The second-order valence-electron chi connectivity index (χ2n) is 1.62. The Morgan fingerprint density at radius 2 is 1.36 bits per heavy atom. The molecular weight excluding hydrogens is 142 g/mol. The summed E-state index contributed by atoms with van der Waals surface area (Å²) in [5.74, 6) is 0. The van der Waals surface area contributed by atoms with Crippen LogP contribution in [0.5, 0.6) is 0 Å². The van der Waals surface area contributed by atoms with Gasteiger partial charge in [-0.25, -0.2) is 4.63 Å². The van der Waals surface area contributed by atoms with Gasteiger partial charge in [-0.1, -0.05) is 16.4 Å². The minimum Gasteiger partial charge on any atom is -0.265 e. The molecule has 0 aliphatic carbocycles. The third-order valence-electron chi connectivity index (χ3n) is 0.849. The Kier molecular flexibility index (Phi) is 3.43. The third kappa shape index (κ3) is 3.80. The van der Waals surface area contributed by atoms with Gasteiger partial charge in [0, 0.05) is 12.4 Å². The summed E-state index contributed by atoms with van der Waals surface area (Å²) in [6, 6.07) is 5.72. The van der Waals surface area contributed by atoms with Gasteiger partial charge in [0.2, 0.25) is 0 Å². The van der Waals surface area contributed by atoms with E-state index in [0.717, 1.165) is 0 Å². The molecule has 0 saturated carbocycles. The van der Waals surface area contributed by atoms with Crippen molar-refractivity contribution in [1.82, 2.24) is 15.3 Å². The second kappa shape index (κ2) is 5.10. The first kappa shape index (κ1) is 7.40. The van der Waals surface area contributed by atoms with E-state index in [1.54, 1.807) is 12.4 Å². The second-order valence-corrected chi connectivity index (χ2v) is 1.62. The van der Waals surface area contributed by atoms with E-state index in [0.29, 0.717) is 0 Å². The molecule has 0 radical (unpaired) electrons. The minimum atomic E-state index is 1.47. The zero-order chi connectivity index (χ0) is 7.78. The van der Waals surface area contributed by atoms with Crippen LogP contribution in [-0.2, 0) is 0 Å². The molecule has 11 heavy (non-hydrogen) atoms. The molecule has 56 valence electrons. The molecule has 0 aliphatic rings. The number of aromatic nitrogens is 3. The van der Waals surface area contributed by atoms with Gasteiger partial charge in [-0.15, -0.1) is 0 Å². The molecule has 0 atom stereocenters. The molecule has 2 aromatic rings. The first-order chi connectivity index (χ1) is 5.50. The van der Waals surface area contributed by atoms with Crippen LogP contribution >= 0.6 is 0 Å². The van der Waals surface area contributed by atoms with Crippen molar-refractivity contribution in [2.75, 3.05) is 0 Å². The fourth-order valence-corrected chi connectivity index (χ4v) is 0.449. The molecule has 0 saturated heterocycles. The van der Waals surface area contributed by atoms with Crippen LogP contribution in [0.2, 0.25) is 0 Å². The fourth-order valence-electron chi connectivity index (χ4n) is 0.449. The van der Waals surface area contributed by atoms with Crippen molar-refractivity contribution in [1.29, 1.82) is 0 Å². The van der Waals surface area contributed by atoms with Crippen molar-refractivity contribution in [3.8, 4) is 0 Å². The number of hydrogen-bond donors (Lipinski definition) is 0. The van der Waals surface area contributed by atoms with Crippen molar-refractivity contribution >= 4 is 0 Å². The average Bonchev–Trinajstić information content (AvgIpc) is 2.64. The fraction of sp³-hybridized carbons (Fsp3) is 0. The lowest BCUT2D eigenvalue weighted by Gasteiger charge is -1.70. The van der Waals surface area contributed by atoms with Crippen LogP contribution in [0.1, 0.15) is 0 Å². The van der Waals surface area contributed by atoms with Gasteiger partial charge in [0.05, 0.1) is 12.4 Å². The smallest absolute Gasteiger partial charge is 0.0913 e. The molecule has 2 rings (SSSR count). The van der Waals surface area contributed by atoms with Gasteiger partial charge in [-0.05, 0) is 12.1 Å². The first-order valence-corrected chi connectivity index (χ1v) is 3.06. The summed E-state index contributed by atoms with van der Waals surface area (Å²) in [6.07, 6.45) is 6.44. The van der Waals surface area contributed by atoms with Gasteiger partial charge >= 0.3 is 0 Å². The summed E-state index contributed by atoms with van der Waals surface area (Å²) in [7, 11) is 0. The quantitative estimate of drug-likeness (QED) is 0.563. The summed E-state index contributed by atoms with van der Waals surface area (Å²) in [4.78, 5) is 3.78. The highest BCUT2D eigenvalue weighted by atomic mass is 16.6. The molecule has 0 aliphatic heterocycles. The van der Waals surface area contributed by atoms with E-state index >= 15 is 0 Å². The lowest BCUT2D eigenvalue weighted by atomic mass is 10.5. The van der Waals surface area contributed by atoms with E-state index in [-0.39, 0.29) is 0 Å². The Morgan fingerprint density at radius 1 is 0.727 bits per heavy atom. The van der Waals surface area contributed by atoms with Gasteiger partial charge in [-0.2, -0.15) is 0 Å².